The highest BCUT2D eigenvalue weighted by Crippen LogP contribution is 2.40. The maximum atomic E-state index is 12.4. The van der Waals surface area contributed by atoms with Crippen LogP contribution < -0.4 is 0 Å². The molecule has 1 amide bonds. The number of pyridine rings is 1. The third kappa shape index (κ3) is 4.26. The first kappa shape index (κ1) is 17.9. The summed E-state index contributed by atoms with van der Waals surface area (Å²) in [5, 5.41) is 0. The number of rotatable bonds is 5. The van der Waals surface area contributed by atoms with E-state index in [-0.39, 0.29) is 0 Å². The van der Waals surface area contributed by atoms with Crippen LogP contribution in [0, 0.1) is 11.3 Å². The Morgan fingerprint density at radius 3 is 2.85 bits per heavy atom. The lowest BCUT2D eigenvalue weighted by atomic mass is 9.72. The molecule has 1 aromatic rings. The smallest absolute Gasteiger partial charge is 0.222 e. The summed E-state index contributed by atoms with van der Waals surface area (Å²) in [4.78, 5) is 21.5. The Morgan fingerprint density at radius 1 is 1.23 bits per heavy atom. The largest absolute Gasteiger partial charge is 0.381 e. The number of carbonyl (C=O) groups excluding carboxylic acids is 1. The minimum atomic E-state index is 0.296. The average molecular weight is 357 g/mol. The normalized spacial score (nSPS) is 26.5. The summed E-state index contributed by atoms with van der Waals surface area (Å²) >= 11 is 0. The monoisotopic (exact) mass is 357 g/mol. The highest BCUT2D eigenvalue weighted by Gasteiger charge is 2.40. The summed E-state index contributed by atoms with van der Waals surface area (Å²) in [7, 11) is 0. The number of likely N-dealkylation sites (tertiary alicyclic amines) is 2. The van der Waals surface area contributed by atoms with E-state index >= 15 is 0 Å². The lowest BCUT2D eigenvalue weighted by molar-refractivity contribution is -0.140. The molecular weight excluding hydrogens is 326 g/mol. The Hall–Kier alpha value is -1.46. The van der Waals surface area contributed by atoms with Crippen LogP contribution in [0.5, 0.6) is 0 Å². The van der Waals surface area contributed by atoms with E-state index < -0.39 is 0 Å². The van der Waals surface area contributed by atoms with Crippen molar-refractivity contribution < 1.29 is 9.53 Å². The molecule has 142 valence electrons. The molecule has 1 aromatic heterocycles. The van der Waals surface area contributed by atoms with Gasteiger partial charge in [0.1, 0.15) is 0 Å². The predicted octanol–water partition coefficient (Wildman–Crippen LogP) is 2.71. The minimum Gasteiger partial charge on any atom is -0.381 e. The molecule has 1 unspecified atom stereocenters. The van der Waals surface area contributed by atoms with E-state index in [9.17, 15) is 4.79 Å². The molecule has 1 atom stereocenters. The molecular formula is C21H31N3O2. The lowest BCUT2D eigenvalue weighted by Gasteiger charge is -2.47. The Kier molecular flexibility index (Phi) is 5.55. The summed E-state index contributed by atoms with van der Waals surface area (Å²) in [5.74, 6) is 1.07. The van der Waals surface area contributed by atoms with Crippen LogP contribution in [-0.2, 0) is 16.1 Å². The van der Waals surface area contributed by atoms with Gasteiger partial charge in [-0.1, -0.05) is 6.07 Å². The molecule has 4 heterocycles. The first-order valence-electron chi connectivity index (χ1n) is 10.2. The van der Waals surface area contributed by atoms with E-state index in [1.54, 1.807) is 0 Å². The number of piperidine rings is 2. The van der Waals surface area contributed by atoms with Crippen molar-refractivity contribution in [1.29, 1.82) is 0 Å². The van der Waals surface area contributed by atoms with Crippen molar-refractivity contribution in [2.75, 3.05) is 39.4 Å². The predicted molar refractivity (Wildman–Crippen MR) is 101 cm³/mol. The Morgan fingerprint density at radius 2 is 2.12 bits per heavy atom. The second-order valence-corrected chi connectivity index (χ2v) is 8.43. The molecule has 0 N–H and O–H groups in total. The van der Waals surface area contributed by atoms with Crippen molar-refractivity contribution in [3.63, 3.8) is 0 Å². The quantitative estimate of drug-likeness (QED) is 0.813. The van der Waals surface area contributed by atoms with E-state index in [1.807, 2.05) is 24.4 Å². The third-order valence-corrected chi connectivity index (χ3v) is 6.62. The zero-order chi connectivity index (χ0) is 17.8. The van der Waals surface area contributed by atoms with E-state index in [1.165, 1.54) is 45.3 Å². The van der Waals surface area contributed by atoms with Crippen LogP contribution in [0.2, 0.25) is 0 Å². The Bertz CT molecular complexity index is 593. The van der Waals surface area contributed by atoms with Crippen LogP contribution >= 0.6 is 0 Å². The number of hydrogen-bond acceptors (Lipinski definition) is 4. The maximum absolute atomic E-state index is 12.4. The van der Waals surface area contributed by atoms with Gasteiger partial charge in [-0.05, 0) is 75.2 Å². The van der Waals surface area contributed by atoms with Gasteiger partial charge >= 0.3 is 0 Å². The number of carbonyl (C=O) groups is 1. The number of aromatic nitrogens is 1. The molecule has 3 fully saturated rings. The van der Waals surface area contributed by atoms with Gasteiger partial charge in [0.15, 0.2) is 0 Å². The van der Waals surface area contributed by atoms with Gasteiger partial charge in [-0.15, -0.1) is 0 Å². The number of amides is 1. The minimum absolute atomic E-state index is 0.296. The number of nitrogens with zero attached hydrogens (tertiary/aromatic N) is 3. The van der Waals surface area contributed by atoms with Gasteiger partial charge in [0.05, 0.1) is 12.2 Å². The number of ether oxygens (including phenoxy) is 1. The van der Waals surface area contributed by atoms with Gasteiger partial charge < -0.3 is 14.5 Å². The molecule has 3 aliphatic heterocycles. The first-order chi connectivity index (χ1) is 12.7. The van der Waals surface area contributed by atoms with E-state index in [0.717, 1.165) is 37.8 Å². The van der Waals surface area contributed by atoms with Gasteiger partial charge in [-0.25, -0.2) is 0 Å². The van der Waals surface area contributed by atoms with Gasteiger partial charge in [-0.3, -0.25) is 9.78 Å². The summed E-state index contributed by atoms with van der Waals surface area (Å²) < 4.78 is 5.50. The summed E-state index contributed by atoms with van der Waals surface area (Å²) in [6, 6.07) is 5.95. The standard InChI is InChI=1S/C21H31N3O2/c25-20-4-7-21(17-24(20)15-19-3-1-2-10-22-19)8-12-23(13-9-21)11-5-18-6-14-26-16-18/h1-3,10,18H,4-9,11-17H2. The molecule has 3 saturated heterocycles. The molecule has 3 aliphatic rings. The topological polar surface area (TPSA) is 45.7 Å². The third-order valence-electron chi connectivity index (χ3n) is 6.62. The lowest BCUT2D eigenvalue weighted by Crippen LogP contribution is -2.51. The van der Waals surface area contributed by atoms with Crippen LogP contribution in [0.15, 0.2) is 24.4 Å². The second-order valence-electron chi connectivity index (χ2n) is 8.43. The fourth-order valence-electron chi connectivity index (χ4n) is 4.77. The van der Waals surface area contributed by atoms with Crippen molar-refractivity contribution in [1.82, 2.24) is 14.8 Å². The zero-order valence-corrected chi connectivity index (χ0v) is 15.7. The first-order valence-corrected chi connectivity index (χ1v) is 10.2. The molecule has 0 radical (unpaired) electrons. The van der Waals surface area contributed by atoms with E-state index in [2.05, 4.69) is 14.8 Å². The van der Waals surface area contributed by atoms with Crippen molar-refractivity contribution in [3.8, 4) is 0 Å². The van der Waals surface area contributed by atoms with Gasteiger partial charge in [0.2, 0.25) is 5.91 Å². The average Bonchev–Trinajstić information content (AvgIpc) is 3.19. The van der Waals surface area contributed by atoms with Crippen LogP contribution in [0.4, 0.5) is 0 Å². The van der Waals surface area contributed by atoms with Crippen molar-refractivity contribution in [3.05, 3.63) is 30.1 Å². The highest BCUT2D eigenvalue weighted by molar-refractivity contribution is 5.77. The highest BCUT2D eigenvalue weighted by atomic mass is 16.5. The SMILES string of the molecule is O=C1CCC2(CCN(CCC3CCOC3)CC2)CN1Cc1ccccn1. The number of hydrogen-bond donors (Lipinski definition) is 0. The van der Waals surface area contributed by atoms with Crippen LogP contribution in [0.1, 0.15) is 44.2 Å². The second kappa shape index (κ2) is 8.05. The molecule has 5 heteroatoms. The molecule has 0 saturated carbocycles. The van der Waals surface area contributed by atoms with Gasteiger partial charge in [0.25, 0.3) is 0 Å². The van der Waals surface area contributed by atoms with Crippen LogP contribution in [-0.4, -0.2) is 60.1 Å². The molecule has 5 nitrogen and oxygen atoms in total. The molecule has 0 aromatic carbocycles. The Labute approximate surface area is 156 Å². The zero-order valence-electron chi connectivity index (χ0n) is 15.7. The molecule has 4 rings (SSSR count). The van der Waals surface area contributed by atoms with E-state index in [4.69, 9.17) is 4.74 Å². The van der Waals surface area contributed by atoms with Crippen molar-refractivity contribution in [2.45, 2.75) is 45.1 Å². The summed E-state index contributed by atoms with van der Waals surface area (Å²) in [6.45, 7) is 7.05. The molecule has 0 bridgehead atoms. The van der Waals surface area contributed by atoms with Crippen LogP contribution in [0.3, 0.4) is 0 Å². The maximum Gasteiger partial charge on any atom is 0.222 e. The van der Waals surface area contributed by atoms with Gasteiger partial charge in [-0.2, -0.15) is 0 Å². The van der Waals surface area contributed by atoms with Crippen LogP contribution in [0.25, 0.3) is 0 Å². The fraction of sp³-hybridized carbons (Fsp3) is 0.714. The summed E-state index contributed by atoms with van der Waals surface area (Å²) in [6.07, 6.45) is 8.54. The molecule has 0 aliphatic carbocycles. The van der Waals surface area contributed by atoms with Gasteiger partial charge in [0, 0.05) is 32.4 Å². The summed E-state index contributed by atoms with van der Waals surface area (Å²) in [5.41, 5.74) is 1.32. The van der Waals surface area contributed by atoms with E-state index in [0.29, 0.717) is 24.3 Å². The van der Waals surface area contributed by atoms with Crippen molar-refractivity contribution in [2.24, 2.45) is 11.3 Å². The Balaban J connectivity index is 1.29. The fourth-order valence-corrected chi connectivity index (χ4v) is 4.77. The molecule has 1 spiro atoms. The molecule has 26 heavy (non-hydrogen) atoms. The van der Waals surface area contributed by atoms with Crippen molar-refractivity contribution >= 4 is 5.91 Å².